The number of hydrogen-bond donors (Lipinski definition) is 0. The lowest BCUT2D eigenvalue weighted by Gasteiger charge is -2.18. The number of rotatable bonds is 5. The monoisotopic (exact) mass is 472 g/mol. The molecule has 0 amide bonds. The smallest absolute Gasteiger partial charge is 0.343 e. The fourth-order valence-electron chi connectivity index (χ4n) is 3.98. The number of para-hydroxylation sites is 1. The number of ether oxygens (including phenoxy) is 4. The van der Waals surface area contributed by atoms with Crippen LogP contribution in [0.3, 0.4) is 0 Å². The molecule has 4 rings (SSSR count). The summed E-state index contributed by atoms with van der Waals surface area (Å²) in [4.78, 5) is 25.8. The Morgan fingerprint density at radius 3 is 2.31 bits per heavy atom. The number of allylic oxidation sites excluding steroid dienone is 1. The van der Waals surface area contributed by atoms with Gasteiger partial charge in [-0.05, 0) is 53.8 Å². The largest absolute Gasteiger partial charge is 0.493 e. The van der Waals surface area contributed by atoms with Crippen LogP contribution in [0.2, 0.25) is 0 Å². The molecule has 0 spiro atoms. The molecule has 0 aromatic heterocycles. The van der Waals surface area contributed by atoms with Crippen molar-refractivity contribution in [2.45, 2.75) is 33.1 Å². The van der Waals surface area contributed by atoms with Gasteiger partial charge in [-0.3, -0.25) is 4.79 Å². The van der Waals surface area contributed by atoms with Crippen LogP contribution in [0.1, 0.15) is 58.2 Å². The second-order valence-corrected chi connectivity index (χ2v) is 9.35. The van der Waals surface area contributed by atoms with Crippen molar-refractivity contribution in [1.29, 1.82) is 0 Å². The second-order valence-electron chi connectivity index (χ2n) is 9.35. The second kappa shape index (κ2) is 9.29. The summed E-state index contributed by atoms with van der Waals surface area (Å²) in [6, 6.07) is 16.0. The first-order valence-electron chi connectivity index (χ1n) is 11.2. The number of esters is 1. The fourth-order valence-corrected chi connectivity index (χ4v) is 3.98. The molecule has 1 aliphatic heterocycles. The van der Waals surface area contributed by atoms with Crippen LogP contribution in [0.4, 0.5) is 0 Å². The van der Waals surface area contributed by atoms with E-state index < -0.39 is 5.97 Å². The normalized spacial score (nSPS) is 13.9. The van der Waals surface area contributed by atoms with Gasteiger partial charge in [0.1, 0.15) is 11.5 Å². The highest BCUT2D eigenvalue weighted by Crippen LogP contribution is 2.39. The molecule has 3 aromatic carbocycles. The highest BCUT2D eigenvalue weighted by molar-refractivity contribution is 6.15. The predicted molar refractivity (Wildman–Crippen MR) is 134 cm³/mol. The molecule has 0 fully saturated rings. The zero-order valence-corrected chi connectivity index (χ0v) is 20.7. The maximum atomic E-state index is 13.1. The summed E-state index contributed by atoms with van der Waals surface area (Å²) in [5.41, 5.74) is 3.29. The molecule has 0 saturated heterocycles. The molecular formula is C29H28O6. The van der Waals surface area contributed by atoms with Crippen LogP contribution < -0.4 is 18.9 Å². The summed E-state index contributed by atoms with van der Waals surface area (Å²) in [5, 5.41) is 0. The number of methoxy groups -OCH3 is 2. The van der Waals surface area contributed by atoms with Crippen LogP contribution in [-0.4, -0.2) is 26.0 Å². The van der Waals surface area contributed by atoms with Gasteiger partial charge in [-0.15, -0.1) is 0 Å². The van der Waals surface area contributed by atoms with Crippen molar-refractivity contribution in [3.8, 4) is 23.0 Å². The Kier molecular flexibility index (Phi) is 6.39. The summed E-state index contributed by atoms with van der Waals surface area (Å²) in [5.74, 6) is 1.11. The molecule has 0 atom stereocenters. The summed E-state index contributed by atoms with van der Waals surface area (Å²) >= 11 is 0. The first-order valence-corrected chi connectivity index (χ1v) is 11.2. The van der Waals surface area contributed by atoms with Gasteiger partial charge in [-0.1, -0.05) is 45.0 Å². The van der Waals surface area contributed by atoms with Gasteiger partial charge in [0.15, 0.2) is 17.3 Å². The summed E-state index contributed by atoms with van der Waals surface area (Å²) in [7, 11) is 3.08. The third-order valence-corrected chi connectivity index (χ3v) is 5.86. The SMILES string of the molecule is COc1cccc(/C=C2\Oc3cc(OC(=O)c4ccc(C(C)(C)C)cc4)cc(C)c3C2=O)c1OC. The molecule has 0 N–H and O–H groups in total. The lowest BCUT2D eigenvalue weighted by atomic mass is 9.87. The highest BCUT2D eigenvalue weighted by Gasteiger charge is 2.31. The van der Waals surface area contributed by atoms with Crippen LogP contribution in [-0.2, 0) is 5.41 Å². The van der Waals surface area contributed by atoms with Crippen molar-refractivity contribution in [2.24, 2.45) is 0 Å². The number of hydrogen-bond acceptors (Lipinski definition) is 6. The van der Waals surface area contributed by atoms with Crippen LogP contribution in [0.15, 0.2) is 60.4 Å². The fraction of sp³-hybridized carbons (Fsp3) is 0.241. The summed E-state index contributed by atoms with van der Waals surface area (Å²) in [6.07, 6.45) is 1.62. The predicted octanol–water partition coefficient (Wildman–Crippen LogP) is 6.15. The highest BCUT2D eigenvalue weighted by atomic mass is 16.5. The van der Waals surface area contributed by atoms with E-state index in [0.717, 1.165) is 5.56 Å². The van der Waals surface area contributed by atoms with E-state index in [1.807, 2.05) is 12.1 Å². The van der Waals surface area contributed by atoms with Gasteiger partial charge in [-0.25, -0.2) is 4.79 Å². The van der Waals surface area contributed by atoms with Gasteiger partial charge < -0.3 is 18.9 Å². The number of Topliss-reactive ketones (excluding diaryl/α,β-unsaturated/α-hetero) is 1. The van der Waals surface area contributed by atoms with E-state index in [2.05, 4.69) is 20.8 Å². The molecule has 0 radical (unpaired) electrons. The lowest BCUT2D eigenvalue weighted by molar-refractivity contribution is 0.0734. The molecule has 0 saturated carbocycles. The molecule has 6 nitrogen and oxygen atoms in total. The molecule has 180 valence electrons. The minimum Gasteiger partial charge on any atom is -0.493 e. The number of benzene rings is 3. The van der Waals surface area contributed by atoms with Crippen molar-refractivity contribution < 1.29 is 28.5 Å². The zero-order valence-electron chi connectivity index (χ0n) is 20.7. The van der Waals surface area contributed by atoms with E-state index in [4.69, 9.17) is 18.9 Å². The Bertz CT molecular complexity index is 1330. The van der Waals surface area contributed by atoms with Gasteiger partial charge in [0.2, 0.25) is 5.78 Å². The average molecular weight is 473 g/mol. The zero-order chi connectivity index (χ0) is 25.3. The molecule has 0 bridgehead atoms. The number of aryl methyl sites for hydroxylation is 1. The minimum atomic E-state index is -0.481. The van der Waals surface area contributed by atoms with E-state index >= 15 is 0 Å². The first-order chi connectivity index (χ1) is 16.6. The molecule has 0 unspecified atom stereocenters. The molecular weight excluding hydrogens is 444 g/mol. The van der Waals surface area contributed by atoms with Gasteiger partial charge in [0.25, 0.3) is 0 Å². The van der Waals surface area contributed by atoms with E-state index in [1.165, 1.54) is 7.11 Å². The van der Waals surface area contributed by atoms with Crippen LogP contribution in [0.5, 0.6) is 23.0 Å². The van der Waals surface area contributed by atoms with Crippen molar-refractivity contribution in [1.82, 2.24) is 0 Å². The molecule has 35 heavy (non-hydrogen) atoms. The first kappa shape index (κ1) is 24.1. The van der Waals surface area contributed by atoms with E-state index in [1.54, 1.807) is 62.6 Å². The van der Waals surface area contributed by atoms with Crippen molar-refractivity contribution in [3.63, 3.8) is 0 Å². The third-order valence-electron chi connectivity index (χ3n) is 5.86. The Hall–Kier alpha value is -4.06. The Morgan fingerprint density at radius 1 is 0.971 bits per heavy atom. The van der Waals surface area contributed by atoms with Crippen molar-refractivity contribution in [2.75, 3.05) is 14.2 Å². The van der Waals surface area contributed by atoms with E-state index in [0.29, 0.717) is 45.3 Å². The van der Waals surface area contributed by atoms with Gasteiger partial charge in [0, 0.05) is 11.6 Å². The number of carbonyl (C=O) groups is 2. The number of fused-ring (bicyclic) bond motifs is 1. The third kappa shape index (κ3) is 4.78. The van der Waals surface area contributed by atoms with Crippen molar-refractivity contribution in [3.05, 3.63) is 88.2 Å². The maximum absolute atomic E-state index is 13.1. The van der Waals surface area contributed by atoms with E-state index in [9.17, 15) is 9.59 Å². The number of carbonyl (C=O) groups excluding carboxylic acids is 2. The van der Waals surface area contributed by atoms with E-state index in [-0.39, 0.29) is 17.0 Å². The van der Waals surface area contributed by atoms with Gasteiger partial charge in [0.05, 0.1) is 25.3 Å². The Balaban J connectivity index is 1.59. The quantitative estimate of drug-likeness (QED) is 0.252. The summed E-state index contributed by atoms with van der Waals surface area (Å²) < 4.78 is 22.3. The molecule has 6 heteroatoms. The maximum Gasteiger partial charge on any atom is 0.343 e. The molecule has 1 heterocycles. The standard InChI is InChI=1S/C29H28O6/c1-17-14-21(34-28(31)18-10-12-20(13-11-18)29(2,3)4)16-23-25(17)26(30)24(35-23)15-19-8-7-9-22(32-5)27(19)33-6/h7-16H,1-6H3/b24-15-. The minimum absolute atomic E-state index is 0.0104. The Labute approximate surface area is 205 Å². The van der Waals surface area contributed by atoms with Crippen molar-refractivity contribution >= 4 is 17.8 Å². The van der Waals surface area contributed by atoms with Crippen LogP contribution in [0, 0.1) is 6.92 Å². The number of ketones is 1. The molecule has 0 aliphatic carbocycles. The Morgan fingerprint density at radius 2 is 1.69 bits per heavy atom. The lowest BCUT2D eigenvalue weighted by Crippen LogP contribution is -2.13. The summed E-state index contributed by atoms with van der Waals surface area (Å²) in [6.45, 7) is 8.12. The molecule has 3 aromatic rings. The van der Waals surface area contributed by atoms with Gasteiger partial charge >= 0.3 is 5.97 Å². The molecule has 1 aliphatic rings. The topological polar surface area (TPSA) is 71.1 Å². The van der Waals surface area contributed by atoms with Crippen LogP contribution >= 0.6 is 0 Å². The average Bonchev–Trinajstić information content (AvgIpc) is 3.13. The van der Waals surface area contributed by atoms with Gasteiger partial charge in [-0.2, -0.15) is 0 Å². The van der Waals surface area contributed by atoms with Crippen LogP contribution in [0.25, 0.3) is 6.08 Å².